The van der Waals surface area contributed by atoms with Gasteiger partial charge in [-0.3, -0.25) is 0 Å². The molecule has 0 saturated heterocycles. The van der Waals surface area contributed by atoms with Gasteiger partial charge in [0.05, 0.1) is 10.4 Å². The second kappa shape index (κ2) is 7.10. The van der Waals surface area contributed by atoms with Crippen LogP contribution in [0.2, 0.25) is 0 Å². The Labute approximate surface area is 158 Å². The first kappa shape index (κ1) is 19.6. The van der Waals surface area contributed by atoms with Gasteiger partial charge >= 0.3 is 0 Å². The summed E-state index contributed by atoms with van der Waals surface area (Å²) >= 11 is 0. The van der Waals surface area contributed by atoms with Crippen LogP contribution in [0, 0.1) is 0 Å². The number of nitrogens with one attached hydrogen (secondary N) is 2. The molecular weight excluding hydrogens is 344 g/mol. The van der Waals surface area contributed by atoms with Gasteiger partial charge in [0, 0.05) is 6.54 Å². The number of likely N-dealkylation sites (N-methyl/N-ethyl adjacent to an activating group) is 1. The van der Waals surface area contributed by atoms with Crippen LogP contribution < -0.4 is 10.0 Å². The van der Waals surface area contributed by atoms with Gasteiger partial charge in [-0.2, -0.15) is 0 Å². The zero-order chi connectivity index (χ0) is 19.0. The molecule has 1 aromatic rings. The van der Waals surface area contributed by atoms with Crippen molar-refractivity contribution in [3.8, 4) is 0 Å². The summed E-state index contributed by atoms with van der Waals surface area (Å²) in [5, 5.41) is 3.37. The molecule has 1 saturated carbocycles. The summed E-state index contributed by atoms with van der Waals surface area (Å²) in [7, 11) is -3.49. The van der Waals surface area contributed by atoms with E-state index < -0.39 is 15.6 Å². The highest BCUT2D eigenvalue weighted by molar-refractivity contribution is 7.99. The number of hydrogen-bond acceptors (Lipinski definition) is 3. The fraction of sp³-hybridized carbons (Fsp3) is 0.619. The van der Waals surface area contributed by atoms with E-state index >= 15 is 0 Å². The summed E-state index contributed by atoms with van der Waals surface area (Å²) < 4.78 is 29.2. The lowest BCUT2D eigenvalue weighted by Gasteiger charge is -2.35. The molecule has 3 rings (SSSR count). The van der Waals surface area contributed by atoms with E-state index in [1.165, 1.54) is 12.0 Å². The molecule has 5 heteroatoms. The lowest BCUT2D eigenvalue weighted by atomic mass is 9.76. The van der Waals surface area contributed by atoms with Gasteiger partial charge in [-0.05, 0) is 41.5 Å². The first-order chi connectivity index (χ1) is 12.2. The van der Waals surface area contributed by atoms with Crippen LogP contribution in [0.5, 0.6) is 0 Å². The Kier molecular flexibility index (Phi) is 5.35. The minimum absolute atomic E-state index is 0.0525. The second-order valence-electron chi connectivity index (χ2n) is 8.66. The van der Waals surface area contributed by atoms with Gasteiger partial charge in [-0.15, -0.1) is 0 Å². The number of hydrogen-bond donors (Lipinski definition) is 2. The molecule has 0 unspecified atom stereocenters. The van der Waals surface area contributed by atoms with Crippen LogP contribution >= 0.6 is 0 Å². The summed E-state index contributed by atoms with van der Waals surface area (Å²) in [5.41, 5.74) is 2.71. The number of rotatable bonds is 4. The third-order valence-corrected chi connectivity index (χ3v) is 7.40. The Morgan fingerprint density at radius 2 is 1.69 bits per heavy atom. The Balaban J connectivity index is 2.10. The molecule has 1 fully saturated rings. The van der Waals surface area contributed by atoms with E-state index in [1.54, 1.807) is 0 Å². The van der Waals surface area contributed by atoms with Crippen molar-refractivity contribution in [2.24, 2.45) is 0 Å². The average molecular weight is 377 g/mol. The van der Waals surface area contributed by atoms with Gasteiger partial charge in [0.1, 0.15) is 0 Å². The third kappa shape index (κ3) is 3.62. The highest BCUT2D eigenvalue weighted by Gasteiger charge is 2.48. The van der Waals surface area contributed by atoms with E-state index in [4.69, 9.17) is 0 Å². The summed E-state index contributed by atoms with van der Waals surface area (Å²) in [6.07, 6.45) is 5.14. The Bertz CT molecular complexity index is 780. The van der Waals surface area contributed by atoms with Crippen molar-refractivity contribution in [3.05, 3.63) is 41.0 Å². The van der Waals surface area contributed by atoms with E-state index in [1.807, 2.05) is 12.1 Å². The topological polar surface area (TPSA) is 58.2 Å². The smallest absolute Gasteiger partial charge is 0.242 e. The molecule has 0 radical (unpaired) electrons. The molecule has 2 aliphatic rings. The molecule has 0 amide bonds. The third-order valence-electron chi connectivity index (χ3n) is 5.72. The molecule has 1 aliphatic carbocycles. The van der Waals surface area contributed by atoms with Crippen molar-refractivity contribution in [2.75, 3.05) is 13.1 Å². The first-order valence-corrected chi connectivity index (χ1v) is 11.3. The highest BCUT2D eigenvalue weighted by atomic mass is 32.2. The van der Waals surface area contributed by atoms with Crippen molar-refractivity contribution in [1.29, 1.82) is 0 Å². The number of sulfonamides is 1. The van der Waals surface area contributed by atoms with E-state index in [-0.39, 0.29) is 5.41 Å². The van der Waals surface area contributed by atoms with Crippen LogP contribution in [-0.4, -0.2) is 27.0 Å². The minimum Gasteiger partial charge on any atom is -0.313 e. The zero-order valence-electron chi connectivity index (χ0n) is 16.5. The second-order valence-corrected chi connectivity index (χ2v) is 10.3. The van der Waals surface area contributed by atoms with Crippen LogP contribution in [-0.2, 0) is 15.4 Å². The molecule has 0 aromatic heterocycles. The van der Waals surface area contributed by atoms with Crippen molar-refractivity contribution < 1.29 is 8.42 Å². The Morgan fingerprint density at radius 3 is 2.23 bits per heavy atom. The predicted octanol–water partition coefficient (Wildman–Crippen LogP) is 3.94. The predicted molar refractivity (Wildman–Crippen MR) is 108 cm³/mol. The van der Waals surface area contributed by atoms with Crippen molar-refractivity contribution in [1.82, 2.24) is 10.0 Å². The molecule has 26 heavy (non-hydrogen) atoms. The summed E-state index contributed by atoms with van der Waals surface area (Å²) in [4.78, 5) is 0.501. The maximum atomic E-state index is 13.1. The van der Waals surface area contributed by atoms with E-state index in [9.17, 15) is 8.42 Å². The summed E-state index contributed by atoms with van der Waals surface area (Å²) in [6.45, 7) is 10.0. The first-order valence-electron chi connectivity index (χ1n) is 9.79. The minimum atomic E-state index is -3.49. The summed E-state index contributed by atoms with van der Waals surface area (Å²) in [6, 6.07) is 8.08. The van der Waals surface area contributed by atoms with Gasteiger partial charge in [0.25, 0.3) is 0 Å². The molecule has 0 atom stereocenters. The fourth-order valence-corrected chi connectivity index (χ4v) is 6.24. The van der Waals surface area contributed by atoms with Crippen LogP contribution in [0.1, 0.15) is 70.9 Å². The largest absolute Gasteiger partial charge is 0.313 e. The van der Waals surface area contributed by atoms with E-state index in [0.29, 0.717) is 11.4 Å². The zero-order valence-corrected chi connectivity index (χ0v) is 17.3. The van der Waals surface area contributed by atoms with Gasteiger partial charge in [-0.25, -0.2) is 13.1 Å². The van der Waals surface area contributed by atoms with Gasteiger partial charge in [0.2, 0.25) is 10.0 Å². The maximum Gasteiger partial charge on any atom is 0.242 e. The van der Waals surface area contributed by atoms with Crippen molar-refractivity contribution >= 4 is 14.9 Å². The standard InChI is InChI=1S/C21H32N2O2S/c1-5-22-15-18-19(16-9-11-17(12-10-16)20(2,3)4)26(24,25)23-21(18)13-7-6-8-14-21/h9-12,22-23H,5-8,13-15H2,1-4H3. The van der Waals surface area contributed by atoms with Gasteiger partial charge in [0.15, 0.2) is 0 Å². The molecule has 1 aromatic carbocycles. The SMILES string of the molecule is CCNCC1=C(c2ccc(C(C)(C)C)cc2)S(=O)(=O)NC12CCCCC2. The molecule has 2 N–H and O–H groups in total. The average Bonchev–Trinajstić information content (AvgIpc) is 2.79. The summed E-state index contributed by atoms with van der Waals surface area (Å²) in [5.74, 6) is 0. The van der Waals surface area contributed by atoms with Crippen LogP contribution in [0.15, 0.2) is 29.8 Å². The Hall–Kier alpha value is -1.17. The lowest BCUT2D eigenvalue weighted by Crippen LogP contribution is -2.47. The molecule has 4 nitrogen and oxygen atoms in total. The van der Waals surface area contributed by atoms with Crippen molar-refractivity contribution in [2.45, 2.75) is 70.8 Å². The normalized spacial score (nSPS) is 22.2. The van der Waals surface area contributed by atoms with Gasteiger partial charge < -0.3 is 5.32 Å². The lowest BCUT2D eigenvalue weighted by molar-refractivity contribution is 0.315. The van der Waals surface area contributed by atoms with Gasteiger partial charge in [-0.1, -0.05) is 71.2 Å². The molecule has 1 heterocycles. The van der Waals surface area contributed by atoms with Crippen LogP contribution in [0.4, 0.5) is 0 Å². The van der Waals surface area contributed by atoms with E-state index in [0.717, 1.165) is 43.4 Å². The fourth-order valence-electron chi connectivity index (χ4n) is 4.26. The van der Waals surface area contributed by atoms with E-state index in [2.05, 4.69) is 49.9 Å². The maximum absolute atomic E-state index is 13.1. The van der Waals surface area contributed by atoms with Crippen LogP contribution in [0.3, 0.4) is 0 Å². The molecule has 0 bridgehead atoms. The highest BCUT2D eigenvalue weighted by Crippen LogP contribution is 2.45. The molecule has 144 valence electrons. The molecular formula is C21H32N2O2S. The molecule has 1 aliphatic heterocycles. The molecule has 1 spiro atoms. The van der Waals surface area contributed by atoms with Crippen LogP contribution in [0.25, 0.3) is 4.91 Å². The number of benzene rings is 1. The Morgan fingerprint density at radius 1 is 1.08 bits per heavy atom. The van der Waals surface area contributed by atoms with Crippen molar-refractivity contribution in [3.63, 3.8) is 0 Å². The quantitative estimate of drug-likeness (QED) is 0.837. The monoisotopic (exact) mass is 376 g/mol.